The zero-order chi connectivity index (χ0) is 20.7. The molecule has 2 N–H and O–H groups in total. The van der Waals surface area contributed by atoms with Gasteiger partial charge in [0.1, 0.15) is 11.3 Å². The van der Waals surface area contributed by atoms with Crippen molar-refractivity contribution in [3.05, 3.63) is 60.0 Å². The second kappa shape index (κ2) is 7.19. The van der Waals surface area contributed by atoms with Gasteiger partial charge >= 0.3 is 6.61 Å². The molecule has 8 nitrogen and oxygen atoms in total. The zero-order valence-electron chi connectivity index (χ0n) is 15.0. The van der Waals surface area contributed by atoms with Gasteiger partial charge in [0, 0.05) is 22.7 Å². The first-order chi connectivity index (χ1) is 14.6. The van der Waals surface area contributed by atoms with E-state index in [1.165, 1.54) is 34.3 Å². The molecule has 0 saturated heterocycles. The average molecular weight is 426 g/mol. The van der Waals surface area contributed by atoms with Gasteiger partial charge in [-0.1, -0.05) is 0 Å². The van der Waals surface area contributed by atoms with Crippen LogP contribution in [-0.4, -0.2) is 37.3 Å². The average Bonchev–Trinajstić information content (AvgIpc) is 3.45. The van der Waals surface area contributed by atoms with Crippen LogP contribution in [0, 0.1) is 0 Å². The van der Waals surface area contributed by atoms with E-state index in [1.807, 2.05) is 11.4 Å². The molecule has 11 heteroatoms. The first-order valence-corrected chi connectivity index (χ1v) is 9.57. The van der Waals surface area contributed by atoms with Gasteiger partial charge in [-0.05, 0) is 35.0 Å². The SMILES string of the molecule is O=C(Nc1cn[nH]c1-c1cc2sccc2cc1OC(F)F)c1cnn2cccnc12. The lowest BCUT2D eigenvalue weighted by Crippen LogP contribution is -2.12. The monoisotopic (exact) mass is 426 g/mol. The number of nitrogens with zero attached hydrogens (tertiary/aromatic N) is 4. The number of thiophene rings is 1. The third kappa shape index (κ3) is 3.14. The van der Waals surface area contributed by atoms with Gasteiger partial charge in [0.05, 0.1) is 23.8 Å². The number of aromatic nitrogens is 5. The van der Waals surface area contributed by atoms with E-state index in [9.17, 15) is 13.6 Å². The van der Waals surface area contributed by atoms with Crippen LogP contribution in [0.25, 0.3) is 27.0 Å². The summed E-state index contributed by atoms with van der Waals surface area (Å²) in [6.07, 6.45) is 6.03. The summed E-state index contributed by atoms with van der Waals surface area (Å²) in [6.45, 7) is -2.99. The van der Waals surface area contributed by atoms with Gasteiger partial charge in [0.25, 0.3) is 5.91 Å². The maximum Gasteiger partial charge on any atom is 0.387 e. The Bertz CT molecular complexity index is 1380. The molecule has 0 aliphatic carbocycles. The molecule has 4 heterocycles. The van der Waals surface area contributed by atoms with E-state index in [2.05, 4.69) is 25.6 Å². The fraction of sp³-hybridized carbons (Fsp3) is 0.0526. The highest BCUT2D eigenvalue weighted by molar-refractivity contribution is 7.17. The van der Waals surface area contributed by atoms with Crippen molar-refractivity contribution in [3.8, 4) is 17.0 Å². The standard InChI is InChI=1S/C19H12F2N6O2S/c20-19(21)29-14-6-10-2-5-30-15(10)7-11(14)16-13(9-23-26-16)25-18(28)12-8-24-27-4-1-3-22-17(12)27/h1-9,19H,(H,23,26)(H,25,28). The van der Waals surface area contributed by atoms with E-state index >= 15 is 0 Å². The molecule has 0 spiro atoms. The maximum absolute atomic E-state index is 13.0. The van der Waals surface area contributed by atoms with Gasteiger partial charge in [0.15, 0.2) is 5.65 Å². The second-order valence-electron chi connectivity index (χ2n) is 6.24. The number of nitrogens with one attached hydrogen (secondary N) is 2. The third-order valence-electron chi connectivity index (χ3n) is 4.45. The number of hydrogen-bond donors (Lipinski definition) is 2. The summed E-state index contributed by atoms with van der Waals surface area (Å²) in [5.41, 5.74) is 1.67. The Morgan fingerprint density at radius 1 is 1.30 bits per heavy atom. The Morgan fingerprint density at radius 3 is 3.07 bits per heavy atom. The number of carbonyl (C=O) groups is 1. The minimum Gasteiger partial charge on any atom is -0.434 e. The highest BCUT2D eigenvalue weighted by Crippen LogP contribution is 2.39. The first-order valence-electron chi connectivity index (χ1n) is 8.69. The molecule has 0 atom stereocenters. The quantitative estimate of drug-likeness (QED) is 0.439. The highest BCUT2D eigenvalue weighted by atomic mass is 32.1. The third-order valence-corrected chi connectivity index (χ3v) is 5.33. The number of rotatable bonds is 5. The molecule has 150 valence electrons. The minimum absolute atomic E-state index is 0.0201. The van der Waals surface area contributed by atoms with E-state index in [-0.39, 0.29) is 11.3 Å². The molecule has 1 aromatic carbocycles. The van der Waals surface area contributed by atoms with Crippen LogP contribution in [0.2, 0.25) is 0 Å². The second-order valence-corrected chi connectivity index (χ2v) is 7.19. The number of aromatic amines is 1. The number of amides is 1. The normalized spacial score (nSPS) is 11.4. The van der Waals surface area contributed by atoms with E-state index < -0.39 is 12.5 Å². The smallest absolute Gasteiger partial charge is 0.387 e. The molecule has 4 aromatic heterocycles. The molecule has 0 fully saturated rings. The molecule has 30 heavy (non-hydrogen) atoms. The first kappa shape index (κ1) is 18.2. The number of carbonyl (C=O) groups excluding carboxylic acids is 1. The Hall–Kier alpha value is -3.86. The van der Waals surface area contributed by atoms with Crippen LogP contribution in [0.4, 0.5) is 14.5 Å². The lowest BCUT2D eigenvalue weighted by Gasteiger charge is -2.12. The number of H-pyrrole nitrogens is 1. The largest absolute Gasteiger partial charge is 0.434 e. The number of alkyl halides is 2. The number of benzene rings is 1. The van der Waals surface area contributed by atoms with Gasteiger partial charge in [-0.25, -0.2) is 9.50 Å². The van der Waals surface area contributed by atoms with E-state index in [0.717, 1.165) is 10.1 Å². The van der Waals surface area contributed by atoms with Crippen molar-refractivity contribution in [1.29, 1.82) is 0 Å². The molecule has 0 aliphatic heterocycles. The summed E-state index contributed by atoms with van der Waals surface area (Å²) >= 11 is 1.46. The van der Waals surface area contributed by atoms with E-state index in [1.54, 1.807) is 24.5 Å². The maximum atomic E-state index is 13.0. The van der Waals surface area contributed by atoms with Crippen molar-refractivity contribution in [2.45, 2.75) is 6.61 Å². The lowest BCUT2D eigenvalue weighted by molar-refractivity contribution is -0.0493. The molecule has 5 aromatic rings. The van der Waals surface area contributed by atoms with Gasteiger partial charge in [0.2, 0.25) is 0 Å². The summed E-state index contributed by atoms with van der Waals surface area (Å²) in [7, 11) is 0. The molecular weight excluding hydrogens is 414 g/mol. The molecule has 0 unspecified atom stereocenters. The van der Waals surface area contributed by atoms with Crippen LogP contribution in [-0.2, 0) is 0 Å². The number of ether oxygens (including phenoxy) is 1. The van der Waals surface area contributed by atoms with Gasteiger partial charge in [-0.3, -0.25) is 9.89 Å². The molecule has 5 rings (SSSR count). The topological polar surface area (TPSA) is 97.2 Å². The summed E-state index contributed by atoms with van der Waals surface area (Å²) in [4.78, 5) is 17.0. The molecule has 1 amide bonds. The number of anilines is 1. The van der Waals surface area contributed by atoms with Crippen molar-refractivity contribution in [3.63, 3.8) is 0 Å². The molecule has 0 radical (unpaired) electrons. The van der Waals surface area contributed by atoms with Gasteiger partial charge < -0.3 is 10.1 Å². The number of fused-ring (bicyclic) bond motifs is 2. The number of hydrogen-bond acceptors (Lipinski definition) is 6. The Morgan fingerprint density at radius 2 is 2.20 bits per heavy atom. The van der Waals surface area contributed by atoms with Crippen molar-refractivity contribution in [2.24, 2.45) is 0 Å². The van der Waals surface area contributed by atoms with Crippen molar-refractivity contribution in [1.82, 2.24) is 24.8 Å². The minimum atomic E-state index is -2.99. The van der Waals surface area contributed by atoms with Crippen LogP contribution >= 0.6 is 11.3 Å². The lowest BCUT2D eigenvalue weighted by atomic mass is 10.1. The Kier molecular flexibility index (Phi) is 4.36. The van der Waals surface area contributed by atoms with Gasteiger partial charge in [-0.15, -0.1) is 11.3 Å². The van der Waals surface area contributed by atoms with Crippen molar-refractivity contribution in [2.75, 3.05) is 5.32 Å². The molecule has 0 aliphatic rings. The molecular formula is C19H12F2N6O2S. The fourth-order valence-electron chi connectivity index (χ4n) is 3.14. The predicted molar refractivity (Wildman–Crippen MR) is 107 cm³/mol. The van der Waals surface area contributed by atoms with Crippen LogP contribution in [0.3, 0.4) is 0 Å². The van der Waals surface area contributed by atoms with Crippen LogP contribution in [0.1, 0.15) is 10.4 Å². The highest BCUT2D eigenvalue weighted by Gasteiger charge is 2.20. The van der Waals surface area contributed by atoms with Gasteiger partial charge in [-0.2, -0.15) is 19.0 Å². The zero-order valence-corrected chi connectivity index (χ0v) is 15.9. The summed E-state index contributed by atoms with van der Waals surface area (Å²) in [5, 5.41) is 16.2. The van der Waals surface area contributed by atoms with E-state index in [0.29, 0.717) is 22.6 Å². The Balaban J connectivity index is 1.54. The van der Waals surface area contributed by atoms with Crippen LogP contribution in [0.15, 0.2) is 54.4 Å². The molecule has 0 saturated carbocycles. The number of halogens is 2. The van der Waals surface area contributed by atoms with Crippen molar-refractivity contribution >= 4 is 38.7 Å². The van der Waals surface area contributed by atoms with Crippen LogP contribution < -0.4 is 10.1 Å². The summed E-state index contributed by atoms with van der Waals surface area (Å²) < 4.78 is 33.0. The molecule has 0 bridgehead atoms. The van der Waals surface area contributed by atoms with Crippen LogP contribution in [0.5, 0.6) is 5.75 Å². The van der Waals surface area contributed by atoms with E-state index in [4.69, 9.17) is 4.74 Å². The summed E-state index contributed by atoms with van der Waals surface area (Å²) in [5.74, 6) is -0.479. The predicted octanol–water partition coefficient (Wildman–Crippen LogP) is 4.19. The summed E-state index contributed by atoms with van der Waals surface area (Å²) in [6, 6.07) is 6.77. The van der Waals surface area contributed by atoms with Crippen molar-refractivity contribution < 1.29 is 18.3 Å². The fourth-order valence-corrected chi connectivity index (χ4v) is 3.95. The Labute approximate surface area is 171 Å².